The summed E-state index contributed by atoms with van der Waals surface area (Å²) in [6.45, 7) is 5.60. The van der Waals surface area contributed by atoms with Crippen molar-refractivity contribution in [2.45, 2.75) is 6.54 Å². The average molecular weight is 186 g/mol. The summed E-state index contributed by atoms with van der Waals surface area (Å²) in [6, 6.07) is 8.47. The first kappa shape index (κ1) is 8.88. The molecular formula is C12H14N2. The highest BCUT2D eigenvalue weighted by atomic mass is 15.2. The summed E-state index contributed by atoms with van der Waals surface area (Å²) < 4.78 is 0. The van der Waals surface area contributed by atoms with E-state index >= 15 is 0 Å². The van der Waals surface area contributed by atoms with Crippen LogP contribution in [0.5, 0.6) is 0 Å². The Morgan fingerprint density at radius 1 is 1.36 bits per heavy atom. The van der Waals surface area contributed by atoms with Gasteiger partial charge in [-0.05, 0) is 11.1 Å². The Morgan fingerprint density at radius 2 is 2.14 bits per heavy atom. The second-order valence-electron chi connectivity index (χ2n) is 3.37. The topological polar surface area (TPSA) is 15.3 Å². The van der Waals surface area contributed by atoms with Crippen LogP contribution in [0.25, 0.3) is 6.08 Å². The standard InChI is InChI=1S/C12H14N2/c1-2-11-3-5-12(6-4-11)9-14-8-7-13-10-14/h2-8,13H,1,9-10H2. The Balaban J connectivity index is 2.02. The van der Waals surface area contributed by atoms with Crippen LogP contribution < -0.4 is 5.32 Å². The molecule has 0 aliphatic carbocycles. The summed E-state index contributed by atoms with van der Waals surface area (Å²) in [5.74, 6) is 0. The molecule has 0 saturated heterocycles. The molecule has 0 aromatic heterocycles. The van der Waals surface area contributed by atoms with Gasteiger partial charge in [0.1, 0.15) is 0 Å². The number of hydrogen-bond donors (Lipinski definition) is 1. The maximum atomic E-state index is 3.73. The van der Waals surface area contributed by atoms with E-state index < -0.39 is 0 Å². The first-order valence-electron chi connectivity index (χ1n) is 4.74. The van der Waals surface area contributed by atoms with E-state index in [9.17, 15) is 0 Å². The van der Waals surface area contributed by atoms with Gasteiger partial charge in [0, 0.05) is 18.9 Å². The third-order valence-electron chi connectivity index (χ3n) is 2.30. The second-order valence-corrected chi connectivity index (χ2v) is 3.37. The second kappa shape index (κ2) is 4.01. The first-order valence-corrected chi connectivity index (χ1v) is 4.74. The van der Waals surface area contributed by atoms with Crippen LogP contribution in [0.2, 0.25) is 0 Å². The summed E-state index contributed by atoms with van der Waals surface area (Å²) in [7, 11) is 0. The molecule has 0 radical (unpaired) electrons. The smallest absolute Gasteiger partial charge is 0.0870 e. The summed E-state index contributed by atoms with van der Waals surface area (Å²) >= 11 is 0. The maximum absolute atomic E-state index is 3.73. The highest BCUT2D eigenvalue weighted by Crippen LogP contribution is 2.09. The lowest BCUT2D eigenvalue weighted by Gasteiger charge is -2.14. The molecule has 1 aliphatic rings. The van der Waals surface area contributed by atoms with Crippen molar-refractivity contribution in [3.63, 3.8) is 0 Å². The molecule has 1 heterocycles. The lowest BCUT2D eigenvalue weighted by atomic mass is 10.1. The van der Waals surface area contributed by atoms with Crippen LogP contribution in [-0.2, 0) is 6.54 Å². The number of benzene rings is 1. The van der Waals surface area contributed by atoms with E-state index in [0.717, 1.165) is 13.2 Å². The Hall–Kier alpha value is -1.70. The zero-order valence-electron chi connectivity index (χ0n) is 8.11. The van der Waals surface area contributed by atoms with Gasteiger partial charge in [0.2, 0.25) is 0 Å². The van der Waals surface area contributed by atoms with Crippen molar-refractivity contribution in [1.82, 2.24) is 10.2 Å². The van der Waals surface area contributed by atoms with E-state index in [2.05, 4.69) is 47.3 Å². The van der Waals surface area contributed by atoms with Crippen LogP contribution in [0.15, 0.2) is 43.2 Å². The molecular weight excluding hydrogens is 172 g/mol. The minimum Gasteiger partial charge on any atom is -0.373 e. The van der Waals surface area contributed by atoms with Gasteiger partial charge in [-0.15, -0.1) is 0 Å². The Bertz CT molecular complexity index is 338. The molecule has 1 N–H and O–H groups in total. The van der Waals surface area contributed by atoms with Gasteiger partial charge in [-0.1, -0.05) is 36.9 Å². The van der Waals surface area contributed by atoms with Crippen LogP contribution in [0.1, 0.15) is 11.1 Å². The predicted octanol–water partition coefficient (Wildman–Crippen LogP) is 2.16. The van der Waals surface area contributed by atoms with Gasteiger partial charge in [0.25, 0.3) is 0 Å². The molecule has 0 bridgehead atoms. The first-order chi connectivity index (χ1) is 6.88. The fourth-order valence-corrected chi connectivity index (χ4v) is 1.48. The molecule has 72 valence electrons. The lowest BCUT2D eigenvalue weighted by Crippen LogP contribution is -2.19. The molecule has 0 atom stereocenters. The van der Waals surface area contributed by atoms with Gasteiger partial charge < -0.3 is 10.2 Å². The Labute approximate surface area is 84.5 Å². The normalized spacial score (nSPS) is 14.1. The van der Waals surface area contributed by atoms with Gasteiger partial charge >= 0.3 is 0 Å². The molecule has 0 unspecified atom stereocenters. The molecule has 0 spiro atoms. The van der Waals surface area contributed by atoms with Gasteiger partial charge in [0.05, 0.1) is 6.67 Å². The molecule has 0 saturated carbocycles. The van der Waals surface area contributed by atoms with Gasteiger partial charge in [-0.3, -0.25) is 0 Å². The molecule has 14 heavy (non-hydrogen) atoms. The number of rotatable bonds is 3. The molecule has 1 aromatic carbocycles. The molecule has 2 nitrogen and oxygen atoms in total. The quantitative estimate of drug-likeness (QED) is 0.778. The Kier molecular flexibility index (Phi) is 2.54. The van der Waals surface area contributed by atoms with Crippen molar-refractivity contribution >= 4 is 6.08 Å². The molecule has 2 heteroatoms. The van der Waals surface area contributed by atoms with E-state index in [1.165, 1.54) is 11.1 Å². The van der Waals surface area contributed by atoms with E-state index in [-0.39, 0.29) is 0 Å². The number of hydrogen-bond acceptors (Lipinski definition) is 2. The highest BCUT2D eigenvalue weighted by Gasteiger charge is 2.03. The fraction of sp³-hybridized carbons (Fsp3) is 0.167. The average Bonchev–Trinajstić information content (AvgIpc) is 2.72. The van der Waals surface area contributed by atoms with Crippen molar-refractivity contribution in [3.05, 3.63) is 54.4 Å². The number of nitrogens with zero attached hydrogens (tertiary/aromatic N) is 1. The lowest BCUT2D eigenvalue weighted by molar-refractivity contribution is 0.385. The summed E-state index contributed by atoms with van der Waals surface area (Å²) in [6.07, 6.45) is 5.90. The van der Waals surface area contributed by atoms with Crippen molar-refractivity contribution in [1.29, 1.82) is 0 Å². The van der Waals surface area contributed by atoms with Crippen molar-refractivity contribution < 1.29 is 0 Å². The molecule has 0 fully saturated rings. The predicted molar refractivity (Wildman–Crippen MR) is 59.2 cm³/mol. The van der Waals surface area contributed by atoms with E-state index in [1.807, 2.05) is 12.3 Å². The van der Waals surface area contributed by atoms with Gasteiger partial charge in [-0.2, -0.15) is 0 Å². The summed E-state index contributed by atoms with van der Waals surface area (Å²) in [5.41, 5.74) is 2.49. The zero-order valence-corrected chi connectivity index (χ0v) is 8.11. The number of nitrogens with one attached hydrogen (secondary N) is 1. The molecule has 2 rings (SSSR count). The summed E-state index contributed by atoms with van der Waals surface area (Å²) in [5, 5.41) is 3.14. The largest absolute Gasteiger partial charge is 0.373 e. The zero-order chi connectivity index (χ0) is 9.80. The molecule has 1 aliphatic heterocycles. The minimum atomic E-state index is 0.906. The van der Waals surface area contributed by atoms with E-state index in [0.29, 0.717) is 0 Å². The minimum absolute atomic E-state index is 0.906. The Morgan fingerprint density at radius 3 is 2.71 bits per heavy atom. The fourth-order valence-electron chi connectivity index (χ4n) is 1.48. The maximum Gasteiger partial charge on any atom is 0.0870 e. The molecule has 1 aromatic rings. The summed E-state index contributed by atoms with van der Waals surface area (Å²) in [4.78, 5) is 2.23. The third-order valence-corrected chi connectivity index (χ3v) is 2.30. The highest BCUT2D eigenvalue weighted by molar-refractivity contribution is 5.47. The molecule has 0 amide bonds. The van der Waals surface area contributed by atoms with Crippen molar-refractivity contribution in [2.24, 2.45) is 0 Å². The van der Waals surface area contributed by atoms with Crippen molar-refractivity contribution in [2.75, 3.05) is 6.67 Å². The van der Waals surface area contributed by atoms with Crippen LogP contribution >= 0.6 is 0 Å². The van der Waals surface area contributed by atoms with Crippen LogP contribution in [0.3, 0.4) is 0 Å². The van der Waals surface area contributed by atoms with E-state index in [4.69, 9.17) is 0 Å². The van der Waals surface area contributed by atoms with E-state index in [1.54, 1.807) is 0 Å². The third kappa shape index (κ3) is 1.96. The van der Waals surface area contributed by atoms with Crippen molar-refractivity contribution in [3.8, 4) is 0 Å². The van der Waals surface area contributed by atoms with Crippen LogP contribution in [0.4, 0.5) is 0 Å². The van der Waals surface area contributed by atoms with Crippen LogP contribution in [0, 0.1) is 0 Å². The van der Waals surface area contributed by atoms with Crippen LogP contribution in [-0.4, -0.2) is 11.6 Å². The van der Waals surface area contributed by atoms with Gasteiger partial charge in [0.15, 0.2) is 0 Å². The monoisotopic (exact) mass is 186 g/mol. The SMILES string of the molecule is C=Cc1ccc(CN2C=CNC2)cc1. The van der Waals surface area contributed by atoms with Gasteiger partial charge in [-0.25, -0.2) is 0 Å².